The molecule has 1 rings (SSSR count). The van der Waals surface area contributed by atoms with Gasteiger partial charge in [0.15, 0.2) is 0 Å². The lowest BCUT2D eigenvalue weighted by Gasteiger charge is -2.09. The molecule has 0 bridgehead atoms. The fraction of sp³-hybridized carbons (Fsp3) is 0.333. The first-order valence-electron chi connectivity index (χ1n) is 3.87. The molecule has 1 aromatic rings. The van der Waals surface area contributed by atoms with Crippen molar-refractivity contribution in [2.45, 2.75) is 19.8 Å². The summed E-state index contributed by atoms with van der Waals surface area (Å²) in [6, 6.07) is 1.93. The molecule has 0 aliphatic rings. The van der Waals surface area contributed by atoms with Gasteiger partial charge in [-0.2, -0.15) is 5.26 Å². The average molecular weight is 261 g/mol. The minimum atomic E-state index is -2.60. The van der Waals surface area contributed by atoms with Crippen LogP contribution < -0.4 is 0 Å². The summed E-state index contributed by atoms with van der Waals surface area (Å²) < 4.78 is 25.4. The van der Waals surface area contributed by atoms with Gasteiger partial charge in [0.25, 0.3) is 6.43 Å². The van der Waals surface area contributed by atoms with E-state index in [1.165, 1.54) is 6.20 Å². The zero-order valence-corrected chi connectivity index (χ0v) is 8.98. The highest BCUT2D eigenvalue weighted by atomic mass is 79.9. The van der Waals surface area contributed by atoms with Gasteiger partial charge in [0.05, 0.1) is 12.5 Å². The molecule has 0 aromatic carbocycles. The van der Waals surface area contributed by atoms with Crippen molar-refractivity contribution in [2.75, 3.05) is 0 Å². The third-order valence-electron chi connectivity index (χ3n) is 1.90. The van der Waals surface area contributed by atoms with Crippen LogP contribution in [0, 0.1) is 18.3 Å². The van der Waals surface area contributed by atoms with Crippen molar-refractivity contribution >= 4 is 15.9 Å². The molecule has 0 aliphatic carbocycles. The first-order chi connectivity index (χ1) is 6.57. The van der Waals surface area contributed by atoms with Crippen molar-refractivity contribution in [1.29, 1.82) is 5.26 Å². The standard InChI is InChI=1S/C9H7BrF2N2/c1-5-6(2-3-13)7(10)4-14-8(5)9(11)12/h4,9H,2H2,1H3. The summed E-state index contributed by atoms with van der Waals surface area (Å²) in [5, 5.41) is 8.52. The van der Waals surface area contributed by atoms with E-state index >= 15 is 0 Å². The van der Waals surface area contributed by atoms with Crippen molar-refractivity contribution in [3.8, 4) is 6.07 Å². The third kappa shape index (κ3) is 2.07. The predicted octanol–water partition coefficient (Wildman–Crippen LogP) is 3.16. The van der Waals surface area contributed by atoms with Gasteiger partial charge in [-0.15, -0.1) is 0 Å². The summed E-state index contributed by atoms with van der Waals surface area (Å²) in [7, 11) is 0. The van der Waals surface area contributed by atoms with Gasteiger partial charge in [-0.25, -0.2) is 8.78 Å². The molecule has 74 valence electrons. The van der Waals surface area contributed by atoms with E-state index in [4.69, 9.17) is 5.26 Å². The van der Waals surface area contributed by atoms with E-state index in [9.17, 15) is 8.78 Å². The third-order valence-corrected chi connectivity index (χ3v) is 2.59. The Balaban J connectivity index is 3.27. The van der Waals surface area contributed by atoms with Gasteiger partial charge in [0, 0.05) is 10.7 Å². The molecule has 2 nitrogen and oxygen atoms in total. The monoisotopic (exact) mass is 260 g/mol. The first kappa shape index (κ1) is 11.1. The molecular weight excluding hydrogens is 254 g/mol. The van der Waals surface area contributed by atoms with Crippen LogP contribution in [-0.2, 0) is 6.42 Å². The van der Waals surface area contributed by atoms with Gasteiger partial charge in [-0.05, 0) is 34.0 Å². The van der Waals surface area contributed by atoms with Gasteiger partial charge in [-0.3, -0.25) is 4.98 Å². The highest BCUT2D eigenvalue weighted by molar-refractivity contribution is 9.10. The highest BCUT2D eigenvalue weighted by Crippen LogP contribution is 2.27. The lowest BCUT2D eigenvalue weighted by molar-refractivity contribution is 0.145. The van der Waals surface area contributed by atoms with Crippen LogP contribution in [0.3, 0.4) is 0 Å². The van der Waals surface area contributed by atoms with Crippen molar-refractivity contribution in [1.82, 2.24) is 4.98 Å². The molecule has 0 fully saturated rings. The van der Waals surface area contributed by atoms with Crippen LogP contribution in [0.1, 0.15) is 23.2 Å². The smallest absolute Gasteiger partial charge is 0.254 e. The number of alkyl halides is 2. The van der Waals surface area contributed by atoms with E-state index < -0.39 is 6.43 Å². The zero-order chi connectivity index (χ0) is 10.7. The quantitative estimate of drug-likeness (QED) is 0.819. The second kappa shape index (κ2) is 4.47. The molecule has 5 heteroatoms. The number of nitriles is 1. The van der Waals surface area contributed by atoms with Gasteiger partial charge in [0.1, 0.15) is 5.69 Å². The second-order valence-corrected chi connectivity index (χ2v) is 3.58. The SMILES string of the molecule is Cc1c(C(F)F)ncc(Br)c1CC#N. The molecule has 0 spiro atoms. The van der Waals surface area contributed by atoms with Crippen molar-refractivity contribution in [3.63, 3.8) is 0 Å². The molecule has 0 amide bonds. The maximum atomic E-state index is 12.4. The molecule has 0 aliphatic heterocycles. The van der Waals surface area contributed by atoms with Crippen LogP contribution in [0.25, 0.3) is 0 Å². The molecule has 0 unspecified atom stereocenters. The van der Waals surface area contributed by atoms with Crippen LogP contribution in [0.5, 0.6) is 0 Å². The first-order valence-corrected chi connectivity index (χ1v) is 4.66. The van der Waals surface area contributed by atoms with Crippen molar-refractivity contribution in [3.05, 3.63) is 27.5 Å². The summed E-state index contributed by atoms with van der Waals surface area (Å²) in [6.07, 6.45) is -1.18. The lowest BCUT2D eigenvalue weighted by Crippen LogP contribution is -2.00. The summed E-state index contributed by atoms with van der Waals surface area (Å²) in [6.45, 7) is 1.55. The Hall–Kier alpha value is -1.02. The van der Waals surface area contributed by atoms with E-state index in [0.29, 0.717) is 15.6 Å². The topological polar surface area (TPSA) is 36.7 Å². The molecule has 1 aromatic heterocycles. The van der Waals surface area contributed by atoms with Gasteiger partial charge >= 0.3 is 0 Å². The normalized spacial score (nSPS) is 10.3. The van der Waals surface area contributed by atoms with Crippen LogP contribution >= 0.6 is 15.9 Å². The number of hydrogen-bond acceptors (Lipinski definition) is 2. The van der Waals surface area contributed by atoms with E-state index in [2.05, 4.69) is 20.9 Å². The predicted molar refractivity (Wildman–Crippen MR) is 50.9 cm³/mol. The molecular formula is C9H7BrF2N2. The second-order valence-electron chi connectivity index (χ2n) is 2.73. The number of pyridine rings is 1. The maximum Gasteiger partial charge on any atom is 0.280 e. The fourth-order valence-corrected chi connectivity index (χ4v) is 1.69. The molecule has 0 N–H and O–H groups in total. The number of nitrogens with zero attached hydrogens (tertiary/aromatic N) is 2. The van der Waals surface area contributed by atoms with Crippen molar-refractivity contribution in [2.24, 2.45) is 0 Å². The maximum absolute atomic E-state index is 12.4. The molecule has 0 radical (unpaired) electrons. The van der Waals surface area contributed by atoms with Crippen LogP contribution in [-0.4, -0.2) is 4.98 Å². The molecule has 0 atom stereocenters. The van der Waals surface area contributed by atoms with Gasteiger partial charge in [-0.1, -0.05) is 0 Å². The Morgan fingerprint density at radius 1 is 1.64 bits per heavy atom. The summed E-state index contributed by atoms with van der Waals surface area (Å²) in [5.41, 5.74) is 0.715. The van der Waals surface area contributed by atoms with E-state index in [0.717, 1.165) is 0 Å². The van der Waals surface area contributed by atoms with E-state index in [-0.39, 0.29) is 12.1 Å². The van der Waals surface area contributed by atoms with Gasteiger partial charge in [0.2, 0.25) is 0 Å². The van der Waals surface area contributed by atoms with Gasteiger partial charge < -0.3 is 0 Å². The van der Waals surface area contributed by atoms with Crippen LogP contribution in [0.2, 0.25) is 0 Å². The minimum Gasteiger partial charge on any atom is -0.254 e. The Bertz CT molecular complexity index is 385. The van der Waals surface area contributed by atoms with Crippen molar-refractivity contribution < 1.29 is 8.78 Å². The molecule has 0 saturated heterocycles. The summed E-state index contributed by atoms with van der Waals surface area (Å²) in [4.78, 5) is 3.61. The Morgan fingerprint density at radius 2 is 2.29 bits per heavy atom. The number of halogens is 3. The molecule has 0 saturated carbocycles. The van der Waals surface area contributed by atoms with Crippen LogP contribution in [0.4, 0.5) is 8.78 Å². The Kier molecular flexibility index (Phi) is 3.53. The highest BCUT2D eigenvalue weighted by Gasteiger charge is 2.16. The largest absolute Gasteiger partial charge is 0.280 e. The number of aromatic nitrogens is 1. The van der Waals surface area contributed by atoms with E-state index in [1.54, 1.807) is 6.92 Å². The summed E-state index contributed by atoms with van der Waals surface area (Å²) in [5.74, 6) is 0. The fourth-order valence-electron chi connectivity index (χ4n) is 1.15. The number of rotatable bonds is 2. The lowest BCUT2D eigenvalue weighted by atomic mass is 10.1. The summed E-state index contributed by atoms with van der Waals surface area (Å²) >= 11 is 3.17. The zero-order valence-electron chi connectivity index (χ0n) is 7.39. The molecule has 1 heterocycles. The Labute approximate surface area is 88.7 Å². The number of hydrogen-bond donors (Lipinski definition) is 0. The van der Waals surface area contributed by atoms with Crippen LogP contribution in [0.15, 0.2) is 10.7 Å². The molecule has 14 heavy (non-hydrogen) atoms. The Morgan fingerprint density at radius 3 is 2.79 bits per heavy atom. The average Bonchev–Trinajstić information content (AvgIpc) is 2.11. The van der Waals surface area contributed by atoms with E-state index in [1.807, 2.05) is 6.07 Å². The minimum absolute atomic E-state index is 0.106.